The molecule has 0 aromatic heterocycles. The standard InChI is InChI=1S/C11H22F3NO/c1-4-8-15-9(10(5-2)16-3)6-7-11(12,13)14/h9-10,15H,4-8H2,1-3H3. The predicted molar refractivity (Wildman–Crippen MR) is 58.5 cm³/mol. The van der Waals surface area contributed by atoms with Gasteiger partial charge in [0.15, 0.2) is 0 Å². The Kier molecular flexibility index (Phi) is 7.76. The summed E-state index contributed by atoms with van der Waals surface area (Å²) in [4.78, 5) is 0. The minimum Gasteiger partial charge on any atom is -0.380 e. The maximum absolute atomic E-state index is 12.1. The molecule has 0 aliphatic rings. The zero-order valence-electron chi connectivity index (χ0n) is 10.2. The van der Waals surface area contributed by atoms with Crippen molar-refractivity contribution in [2.75, 3.05) is 13.7 Å². The lowest BCUT2D eigenvalue weighted by molar-refractivity contribution is -0.138. The number of methoxy groups -OCH3 is 1. The van der Waals surface area contributed by atoms with Crippen molar-refractivity contribution in [3.05, 3.63) is 0 Å². The van der Waals surface area contributed by atoms with Gasteiger partial charge in [-0.25, -0.2) is 0 Å². The van der Waals surface area contributed by atoms with Gasteiger partial charge in [0.25, 0.3) is 0 Å². The van der Waals surface area contributed by atoms with Gasteiger partial charge in [-0.1, -0.05) is 13.8 Å². The van der Waals surface area contributed by atoms with E-state index < -0.39 is 12.6 Å². The molecule has 0 saturated carbocycles. The number of halogens is 3. The minimum atomic E-state index is -4.09. The van der Waals surface area contributed by atoms with Gasteiger partial charge in [-0.2, -0.15) is 13.2 Å². The molecule has 0 aromatic rings. The topological polar surface area (TPSA) is 21.3 Å². The molecule has 0 bridgehead atoms. The van der Waals surface area contributed by atoms with Gasteiger partial charge in [0, 0.05) is 19.6 Å². The summed E-state index contributed by atoms with van der Waals surface area (Å²) in [6.45, 7) is 4.63. The van der Waals surface area contributed by atoms with Crippen LogP contribution in [0.1, 0.15) is 39.5 Å². The van der Waals surface area contributed by atoms with E-state index in [2.05, 4.69) is 5.32 Å². The van der Waals surface area contributed by atoms with Gasteiger partial charge in [0.1, 0.15) is 0 Å². The lowest BCUT2D eigenvalue weighted by Gasteiger charge is -2.26. The van der Waals surface area contributed by atoms with Crippen molar-refractivity contribution in [3.8, 4) is 0 Å². The van der Waals surface area contributed by atoms with Crippen LogP contribution in [0.25, 0.3) is 0 Å². The second-order valence-electron chi connectivity index (χ2n) is 3.90. The minimum absolute atomic E-state index is 0.0792. The second kappa shape index (κ2) is 7.90. The van der Waals surface area contributed by atoms with E-state index in [1.807, 2.05) is 13.8 Å². The van der Waals surface area contributed by atoms with Crippen LogP contribution < -0.4 is 5.32 Å². The first-order valence-electron chi connectivity index (χ1n) is 5.77. The van der Waals surface area contributed by atoms with Gasteiger partial charge in [0.05, 0.1) is 6.10 Å². The largest absolute Gasteiger partial charge is 0.389 e. The van der Waals surface area contributed by atoms with Gasteiger partial charge in [0.2, 0.25) is 0 Å². The number of hydrogen-bond donors (Lipinski definition) is 1. The van der Waals surface area contributed by atoms with Crippen molar-refractivity contribution in [2.24, 2.45) is 0 Å². The fourth-order valence-electron chi connectivity index (χ4n) is 1.68. The summed E-state index contributed by atoms with van der Waals surface area (Å²) < 4.78 is 41.6. The molecule has 0 rings (SSSR count). The van der Waals surface area contributed by atoms with Crippen LogP contribution in [0, 0.1) is 0 Å². The molecule has 0 fully saturated rings. The van der Waals surface area contributed by atoms with Gasteiger partial charge in [-0.15, -0.1) is 0 Å². The third-order valence-electron chi connectivity index (χ3n) is 2.55. The Morgan fingerprint density at radius 3 is 2.25 bits per heavy atom. The Hall–Kier alpha value is -0.290. The van der Waals surface area contributed by atoms with Crippen LogP contribution in [-0.4, -0.2) is 32.0 Å². The maximum Gasteiger partial charge on any atom is 0.389 e. The molecule has 1 N–H and O–H groups in total. The lowest BCUT2D eigenvalue weighted by Crippen LogP contribution is -2.41. The van der Waals surface area contributed by atoms with Crippen molar-refractivity contribution < 1.29 is 17.9 Å². The lowest BCUT2D eigenvalue weighted by atomic mass is 10.0. The number of hydrogen-bond acceptors (Lipinski definition) is 2. The molecule has 0 radical (unpaired) electrons. The van der Waals surface area contributed by atoms with E-state index in [1.54, 1.807) is 7.11 Å². The summed E-state index contributed by atoms with van der Waals surface area (Å²) in [5.74, 6) is 0. The molecular weight excluding hydrogens is 219 g/mol. The van der Waals surface area contributed by atoms with Crippen molar-refractivity contribution in [2.45, 2.75) is 57.9 Å². The molecule has 0 aliphatic carbocycles. The molecule has 0 heterocycles. The van der Waals surface area contributed by atoms with E-state index in [-0.39, 0.29) is 18.6 Å². The summed E-state index contributed by atoms with van der Waals surface area (Å²) >= 11 is 0. The van der Waals surface area contributed by atoms with Crippen molar-refractivity contribution in [1.29, 1.82) is 0 Å². The van der Waals surface area contributed by atoms with Crippen LogP contribution >= 0.6 is 0 Å². The van der Waals surface area contributed by atoms with Crippen LogP contribution in [0.3, 0.4) is 0 Å². The Labute approximate surface area is 95.5 Å². The molecule has 0 aliphatic heterocycles. The van der Waals surface area contributed by atoms with Crippen molar-refractivity contribution >= 4 is 0 Å². The highest BCUT2D eigenvalue weighted by molar-refractivity contribution is 4.77. The average molecular weight is 241 g/mol. The first-order valence-corrected chi connectivity index (χ1v) is 5.77. The SMILES string of the molecule is CCCNC(CCC(F)(F)F)C(CC)OC. The van der Waals surface area contributed by atoms with E-state index in [9.17, 15) is 13.2 Å². The van der Waals surface area contributed by atoms with Gasteiger partial charge in [-0.3, -0.25) is 0 Å². The van der Waals surface area contributed by atoms with Crippen LogP contribution in [0.2, 0.25) is 0 Å². The fraction of sp³-hybridized carbons (Fsp3) is 1.00. The first-order chi connectivity index (χ1) is 7.44. The van der Waals surface area contributed by atoms with Crippen LogP contribution in [0.15, 0.2) is 0 Å². The smallest absolute Gasteiger partial charge is 0.380 e. The highest BCUT2D eigenvalue weighted by Gasteiger charge is 2.30. The average Bonchev–Trinajstić information content (AvgIpc) is 2.21. The maximum atomic E-state index is 12.1. The predicted octanol–water partition coefficient (Wildman–Crippen LogP) is 3.12. The third kappa shape index (κ3) is 7.06. The van der Waals surface area contributed by atoms with Gasteiger partial charge >= 0.3 is 6.18 Å². The van der Waals surface area contributed by atoms with E-state index in [0.717, 1.165) is 19.4 Å². The number of rotatable bonds is 8. The molecule has 2 nitrogen and oxygen atoms in total. The molecule has 2 atom stereocenters. The zero-order chi connectivity index (χ0) is 12.6. The number of ether oxygens (including phenoxy) is 1. The Bertz CT molecular complexity index is 169. The highest BCUT2D eigenvalue weighted by Crippen LogP contribution is 2.23. The highest BCUT2D eigenvalue weighted by atomic mass is 19.4. The van der Waals surface area contributed by atoms with E-state index in [1.165, 1.54) is 0 Å². The van der Waals surface area contributed by atoms with Crippen LogP contribution in [-0.2, 0) is 4.74 Å². The molecule has 0 spiro atoms. The molecule has 16 heavy (non-hydrogen) atoms. The van der Waals surface area contributed by atoms with Gasteiger partial charge < -0.3 is 10.1 Å². The monoisotopic (exact) mass is 241 g/mol. The first kappa shape index (κ1) is 15.7. The molecular formula is C11H22F3NO. The van der Waals surface area contributed by atoms with E-state index in [0.29, 0.717) is 0 Å². The summed E-state index contributed by atoms with van der Waals surface area (Å²) in [6, 6.07) is -0.212. The Morgan fingerprint density at radius 1 is 1.25 bits per heavy atom. The molecule has 0 saturated heterocycles. The molecule has 2 unspecified atom stereocenters. The van der Waals surface area contributed by atoms with E-state index in [4.69, 9.17) is 4.74 Å². The second-order valence-corrected chi connectivity index (χ2v) is 3.90. The quantitative estimate of drug-likeness (QED) is 0.705. The normalized spacial score (nSPS) is 16.1. The molecule has 0 amide bonds. The zero-order valence-corrected chi connectivity index (χ0v) is 10.2. The van der Waals surface area contributed by atoms with Crippen LogP contribution in [0.5, 0.6) is 0 Å². The van der Waals surface area contributed by atoms with Crippen molar-refractivity contribution in [3.63, 3.8) is 0 Å². The Balaban J connectivity index is 4.18. The molecule has 0 aromatic carbocycles. The summed E-state index contributed by atoms with van der Waals surface area (Å²) in [5.41, 5.74) is 0. The summed E-state index contributed by atoms with van der Waals surface area (Å²) in [5, 5.41) is 3.12. The third-order valence-corrected chi connectivity index (χ3v) is 2.55. The molecule has 98 valence electrons. The molecule has 5 heteroatoms. The number of alkyl halides is 3. The van der Waals surface area contributed by atoms with E-state index >= 15 is 0 Å². The summed E-state index contributed by atoms with van der Waals surface area (Å²) in [6.07, 6.45) is -3.28. The summed E-state index contributed by atoms with van der Waals surface area (Å²) in [7, 11) is 1.54. The van der Waals surface area contributed by atoms with Crippen molar-refractivity contribution in [1.82, 2.24) is 5.32 Å². The fourth-order valence-corrected chi connectivity index (χ4v) is 1.68. The van der Waals surface area contributed by atoms with Crippen LogP contribution in [0.4, 0.5) is 13.2 Å². The van der Waals surface area contributed by atoms with Gasteiger partial charge in [-0.05, 0) is 25.8 Å². The number of nitrogens with one attached hydrogen (secondary N) is 1. The Morgan fingerprint density at radius 2 is 1.88 bits per heavy atom.